The van der Waals surface area contributed by atoms with Crippen LogP contribution >= 0.6 is 0 Å². The van der Waals surface area contributed by atoms with Gasteiger partial charge in [0.1, 0.15) is 0 Å². The van der Waals surface area contributed by atoms with Crippen LogP contribution in [0.25, 0.3) is 0 Å². The first kappa shape index (κ1) is 14.9. The smallest absolute Gasteiger partial charge is 0.0803 e. The molecule has 92 valence electrons. The van der Waals surface area contributed by atoms with Crippen LogP contribution in [0.5, 0.6) is 0 Å². The van der Waals surface area contributed by atoms with Gasteiger partial charge in [-0.15, -0.1) is 0 Å². The standard InChI is InChI=1S/C13H29NO/c1-6-10-12(14-11-7-2)13(5,8-3)15-9-4/h12,14H,6-11H2,1-5H3. The molecule has 0 aromatic heterocycles. The Labute approximate surface area is 95.8 Å². The molecule has 0 aliphatic heterocycles. The van der Waals surface area contributed by atoms with Crippen molar-refractivity contribution in [3.8, 4) is 0 Å². The van der Waals surface area contributed by atoms with Crippen LogP contribution < -0.4 is 5.32 Å². The molecular formula is C13H29NO. The minimum atomic E-state index is -0.0000694. The van der Waals surface area contributed by atoms with Gasteiger partial charge in [0.05, 0.1) is 5.60 Å². The lowest BCUT2D eigenvalue weighted by Gasteiger charge is -2.37. The van der Waals surface area contributed by atoms with Crippen molar-refractivity contribution >= 4 is 0 Å². The SMILES string of the molecule is CCCNC(CCC)C(C)(CC)OCC. The summed E-state index contributed by atoms with van der Waals surface area (Å²) in [7, 11) is 0. The van der Waals surface area contributed by atoms with Gasteiger partial charge in [-0.05, 0) is 39.7 Å². The molecule has 15 heavy (non-hydrogen) atoms. The van der Waals surface area contributed by atoms with Gasteiger partial charge >= 0.3 is 0 Å². The number of hydrogen-bond donors (Lipinski definition) is 1. The highest BCUT2D eigenvalue weighted by Crippen LogP contribution is 2.23. The monoisotopic (exact) mass is 215 g/mol. The van der Waals surface area contributed by atoms with Crippen LogP contribution in [0, 0.1) is 0 Å². The van der Waals surface area contributed by atoms with Gasteiger partial charge in [-0.3, -0.25) is 0 Å². The van der Waals surface area contributed by atoms with Crippen LogP contribution in [0.4, 0.5) is 0 Å². The van der Waals surface area contributed by atoms with E-state index in [1.807, 2.05) is 0 Å². The number of ether oxygens (including phenoxy) is 1. The predicted octanol–water partition coefficient (Wildman–Crippen LogP) is 3.36. The Kier molecular flexibility index (Phi) is 8.07. The van der Waals surface area contributed by atoms with Crippen LogP contribution in [-0.2, 0) is 4.74 Å². The first-order valence-corrected chi connectivity index (χ1v) is 6.51. The first-order chi connectivity index (χ1) is 7.14. The summed E-state index contributed by atoms with van der Waals surface area (Å²) < 4.78 is 5.93. The highest BCUT2D eigenvalue weighted by Gasteiger charge is 2.31. The lowest BCUT2D eigenvalue weighted by molar-refractivity contribution is -0.0570. The van der Waals surface area contributed by atoms with E-state index in [0.29, 0.717) is 6.04 Å². The average molecular weight is 215 g/mol. The van der Waals surface area contributed by atoms with E-state index in [0.717, 1.165) is 19.6 Å². The van der Waals surface area contributed by atoms with Crippen molar-refractivity contribution in [1.29, 1.82) is 0 Å². The molecule has 0 aromatic carbocycles. The zero-order valence-corrected chi connectivity index (χ0v) is 11.2. The zero-order valence-electron chi connectivity index (χ0n) is 11.2. The summed E-state index contributed by atoms with van der Waals surface area (Å²) in [5, 5.41) is 3.62. The van der Waals surface area contributed by atoms with Crippen LogP contribution in [0.3, 0.4) is 0 Å². The lowest BCUT2D eigenvalue weighted by Crippen LogP contribution is -2.50. The summed E-state index contributed by atoms with van der Waals surface area (Å²) >= 11 is 0. The Hall–Kier alpha value is -0.0800. The van der Waals surface area contributed by atoms with E-state index in [1.54, 1.807) is 0 Å². The summed E-state index contributed by atoms with van der Waals surface area (Å²) in [6.45, 7) is 12.9. The van der Waals surface area contributed by atoms with E-state index < -0.39 is 0 Å². The van der Waals surface area contributed by atoms with Gasteiger partial charge in [0.15, 0.2) is 0 Å². The second kappa shape index (κ2) is 8.12. The van der Waals surface area contributed by atoms with Crippen molar-refractivity contribution in [2.24, 2.45) is 0 Å². The molecule has 0 aliphatic rings. The number of nitrogens with one attached hydrogen (secondary N) is 1. The molecule has 0 spiro atoms. The molecule has 0 saturated carbocycles. The molecule has 2 nitrogen and oxygen atoms in total. The van der Waals surface area contributed by atoms with Crippen molar-refractivity contribution in [3.63, 3.8) is 0 Å². The van der Waals surface area contributed by atoms with Crippen LogP contribution in [0.1, 0.15) is 60.3 Å². The molecule has 2 atom stereocenters. The molecular weight excluding hydrogens is 186 g/mol. The Balaban J connectivity index is 4.37. The van der Waals surface area contributed by atoms with Crippen molar-refractivity contribution in [3.05, 3.63) is 0 Å². The molecule has 2 unspecified atom stereocenters. The second-order valence-electron chi connectivity index (χ2n) is 4.39. The summed E-state index contributed by atoms with van der Waals surface area (Å²) in [6, 6.07) is 0.493. The van der Waals surface area contributed by atoms with Gasteiger partial charge in [0.2, 0.25) is 0 Å². The zero-order chi connectivity index (χ0) is 11.7. The van der Waals surface area contributed by atoms with E-state index in [9.17, 15) is 0 Å². The third-order valence-corrected chi connectivity index (χ3v) is 3.13. The molecule has 0 fully saturated rings. The maximum absolute atomic E-state index is 5.93. The second-order valence-corrected chi connectivity index (χ2v) is 4.39. The summed E-state index contributed by atoms with van der Waals surface area (Å²) in [5.41, 5.74) is -0.0000694. The first-order valence-electron chi connectivity index (χ1n) is 6.51. The van der Waals surface area contributed by atoms with E-state index in [1.165, 1.54) is 19.3 Å². The van der Waals surface area contributed by atoms with Gasteiger partial charge in [-0.25, -0.2) is 0 Å². The quantitative estimate of drug-likeness (QED) is 0.637. The van der Waals surface area contributed by atoms with Crippen molar-refractivity contribution in [2.75, 3.05) is 13.2 Å². The molecule has 0 aromatic rings. The molecule has 0 bridgehead atoms. The normalized spacial score (nSPS) is 17.4. The van der Waals surface area contributed by atoms with E-state index in [2.05, 4.69) is 39.9 Å². The topological polar surface area (TPSA) is 21.3 Å². The highest BCUT2D eigenvalue weighted by atomic mass is 16.5. The lowest BCUT2D eigenvalue weighted by atomic mass is 9.89. The number of hydrogen-bond acceptors (Lipinski definition) is 2. The van der Waals surface area contributed by atoms with Crippen molar-refractivity contribution in [2.45, 2.75) is 71.9 Å². The van der Waals surface area contributed by atoms with Crippen LogP contribution in [-0.4, -0.2) is 24.8 Å². The molecule has 0 aliphatic carbocycles. The van der Waals surface area contributed by atoms with E-state index in [4.69, 9.17) is 4.74 Å². The Morgan fingerprint density at radius 3 is 2.20 bits per heavy atom. The molecule has 0 heterocycles. The third-order valence-electron chi connectivity index (χ3n) is 3.13. The third kappa shape index (κ3) is 4.98. The maximum atomic E-state index is 5.93. The molecule has 2 heteroatoms. The fourth-order valence-electron chi connectivity index (χ4n) is 2.01. The molecule has 0 amide bonds. The van der Waals surface area contributed by atoms with Gasteiger partial charge < -0.3 is 10.1 Å². The fraction of sp³-hybridized carbons (Fsp3) is 1.00. The molecule has 0 saturated heterocycles. The molecule has 0 radical (unpaired) electrons. The Bertz CT molecular complexity index is 149. The van der Waals surface area contributed by atoms with E-state index in [-0.39, 0.29) is 5.60 Å². The van der Waals surface area contributed by atoms with Gasteiger partial charge in [-0.1, -0.05) is 27.2 Å². The van der Waals surface area contributed by atoms with Crippen molar-refractivity contribution in [1.82, 2.24) is 5.32 Å². The van der Waals surface area contributed by atoms with Crippen LogP contribution in [0.15, 0.2) is 0 Å². The predicted molar refractivity (Wildman–Crippen MR) is 67.3 cm³/mol. The van der Waals surface area contributed by atoms with E-state index >= 15 is 0 Å². The average Bonchev–Trinajstić information content (AvgIpc) is 2.24. The largest absolute Gasteiger partial charge is 0.374 e. The van der Waals surface area contributed by atoms with Gasteiger partial charge in [-0.2, -0.15) is 0 Å². The Morgan fingerprint density at radius 1 is 1.13 bits per heavy atom. The summed E-state index contributed by atoms with van der Waals surface area (Å²) in [4.78, 5) is 0. The number of rotatable bonds is 9. The highest BCUT2D eigenvalue weighted by molar-refractivity contribution is 4.88. The van der Waals surface area contributed by atoms with Gasteiger partial charge in [0.25, 0.3) is 0 Å². The Morgan fingerprint density at radius 2 is 1.80 bits per heavy atom. The minimum Gasteiger partial charge on any atom is -0.374 e. The summed E-state index contributed by atoms with van der Waals surface area (Å²) in [6.07, 6.45) is 4.67. The van der Waals surface area contributed by atoms with Crippen molar-refractivity contribution < 1.29 is 4.74 Å². The summed E-state index contributed by atoms with van der Waals surface area (Å²) in [5.74, 6) is 0. The fourth-order valence-corrected chi connectivity index (χ4v) is 2.01. The maximum Gasteiger partial charge on any atom is 0.0803 e. The molecule has 0 rings (SSSR count). The van der Waals surface area contributed by atoms with Crippen LogP contribution in [0.2, 0.25) is 0 Å². The van der Waals surface area contributed by atoms with Gasteiger partial charge in [0, 0.05) is 12.6 Å². The molecule has 1 N–H and O–H groups in total. The minimum absolute atomic E-state index is 0.0000694.